The second-order valence-electron chi connectivity index (χ2n) is 4.47. The molecule has 0 heterocycles. The van der Waals surface area contributed by atoms with Gasteiger partial charge in [-0.05, 0) is 49.2 Å². The first kappa shape index (κ1) is 13.8. The van der Waals surface area contributed by atoms with Crippen LogP contribution in [0.2, 0.25) is 5.02 Å². The average molecular weight is 280 g/mol. The van der Waals surface area contributed by atoms with Crippen molar-refractivity contribution in [1.82, 2.24) is 0 Å². The van der Waals surface area contributed by atoms with E-state index in [0.29, 0.717) is 17.2 Å². The van der Waals surface area contributed by atoms with Gasteiger partial charge >= 0.3 is 0 Å². The Bertz CT molecular complexity index is 572. The molecule has 0 aliphatic heterocycles. The number of para-hydroxylation sites is 1. The van der Waals surface area contributed by atoms with E-state index in [0.717, 1.165) is 5.56 Å². The Labute approximate surface area is 117 Å². The molecule has 2 rings (SSSR count). The molecule has 1 atom stereocenters. The molecule has 0 amide bonds. The van der Waals surface area contributed by atoms with Gasteiger partial charge in [0.1, 0.15) is 5.75 Å². The number of hydrogen-bond donors (Lipinski definition) is 1. The first-order valence-corrected chi connectivity index (χ1v) is 6.40. The van der Waals surface area contributed by atoms with E-state index < -0.39 is 5.82 Å². The molecule has 0 radical (unpaired) electrons. The molecule has 2 N–H and O–H groups in total. The molecule has 2 nitrogen and oxygen atoms in total. The molecule has 4 heteroatoms. The van der Waals surface area contributed by atoms with Gasteiger partial charge in [0.2, 0.25) is 0 Å². The lowest BCUT2D eigenvalue weighted by atomic mass is 10.1. The van der Waals surface area contributed by atoms with E-state index in [1.165, 1.54) is 6.07 Å². The summed E-state index contributed by atoms with van der Waals surface area (Å²) in [6.45, 7) is 1.90. The topological polar surface area (TPSA) is 35.2 Å². The van der Waals surface area contributed by atoms with Crippen molar-refractivity contribution in [1.29, 1.82) is 0 Å². The highest BCUT2D eigenvalue weighted by Gasteiger charge is 2.10. The van der Waals surface area contributed by atoms with Gasteiger partial charge < -0.3 is 10.5 Å². The molecule has 0 bridgehead atoms. The first-order valence-electron chi connectivity index (χ1n) is 6.02. The Morgan fingerprint density at radius 1 is 1.21 bits per heavy atom. The summed E-state index contributed by atoms with van der Waals surface area (Å²) < 4.78 is 19.2. The summed E-state index contributed by atoms with van der Waals surface area (Å²) in [7, 11) is 0. The Morgan fingerprint density at radius 3 is 2.63 bits per heavy atom. The van der Waals surface area contributed by atoms with Gasteiger partial charge in [-0.2, -0.15) is 0 Å². The van der Waals surface area contributed by atoms with E-state index in [2.05, 4.69) is 0 Å². The van der Waals surface area contributed by atoms with E-state index in [1.807, 2.05) is 6.92 Å². The Morgan fingerprint density at radius 2 is 1.95 bits per heavy atom. The molecule has 0 aliphatic rings. The summed E-state index contributed by atoms with van der Waals surface area (Å²) in [5.41, 5.74) is 6.66. The molecule has 0 aromatic heterocycles. The zero-order valence-corrected chi connectivity index (χ0v) is 11.3. The number of rotatable bonds is 4. The van der Waals surface area contributed by atoms with Crippen molar-refractivity contribution in [2.24, 2.45) is 5.73 Å². The lowest BCUT2D eigenvalue weighted by molar-refractivity contribution is 0.436. The molecule has 2 aromatic rings. The molecule has 0 saturated carbocycles. The number of ether oxygens (including phenoxy) is 1. The normalized spacial score (nSPS) is 12.2. The first-order chi connectivity index (χ1) is 9.06. The molecule has 1 unspecified atom stereocenters. The van der Waals surface area contributed by atoms with Gasteiger partial charge in [-0.1, -0.05) is 23.7 Å². The van der Waals surface area contributed by atoms with Gasteiger partial charge in [-0.25, -0.2) is 4.39 Å². The quantitative estimate of drug-likeness (QED) is 0.912. The van der Waals surface area contributed by atoms with E-state index in [1.54, 1.807) is 36.4 Å². The van der Waals surface area contributed by atoms with Crippen LogP contribution in [0, 0.1) is 5.82 Å². The van der Waals surface area contributed by atoms with Gasteiger partial charge in [0.25, 0.3) is 0 Å². The highest BCUT2D eigenvalue weighted by molar-refractivity contribution is 6.30. The Hall–Kier alpha value is -1.58. The van der Waals surface area contributed by atoms with Gasteiger partial charge in [0, 0.05) is 11.1 Å². The van der Waals surface area contributed by atoms with E-state index in [9.17, 15) is 4.39 Å². The fourth-order valence-corrected chi connectivity index (χ4v) is 1.99. The molecule has 0 aliphatic carbocycles. The molecular weight excluding hydrogens is 265 g/mol. The standard InChI is InChI=1S/C15H15ClFNO/c1-10(18)8-11-9-12(16)6-7-14(11)19-15-5-3-2-4-13(15)17/h2-7,9-10H,8,18H2,1H3. The van der Waals surface area contributed by atoms with Crippen molar-refractivity contribution < 1.29 is 9.13 Å². The van der Waals surface area contributed by atoms with Crippen LogP contribution < -0.4 is 10.5 Å². The van der Waals surface area contributed by atoms with E-state index in [4.69, 9.17) is 22.1 Å². The fraction of sp³-hybridized carbons (Fsp3) is 0.200. The summed E-state index contributed by atoms with van der Waals surface area (Å²) in [5, 5.41) is 0.608. The lowest BCUT2D eigenvalue weighted by Crippen LogP contribution is -2.18. The Kier molecular flexibility index (Phi) is 4.40. The van der Waals surface area contributed by atoms with Gasteiger partial charge in [-0.3, -0.25) is 0 Å². The van der Waals surface area contributed by atoms with Crippen LogP contribution >= 0.6 is 11.6 Å². The molecule has 0 spiro atoms. The van der Waals surface area contributed by atoms with Crippen molar-refractivity contribution in [3.63, 3.8) is 0 Å². The monoisotopic (exact) mass is 279 g/mol. The molecule has 19 heavy (non-hydrogen) atoms. The average Bonchev–Trinajstić information content (AvgIpc) is 2.34. The highest BCUT2D eigenvalue weighted by atomic mass is 35.5. The second-order valence-corrected chi connectivity index (χ2v) is 4.90. The predicted octanol–water partition coefficient (Wildman–Crippen LogP) is 4.16. The largest absolute Gasteiger partial charge is 0.454 e. The van der Waals surface area contributed by atoms with Crippen LogP contribution in [-0.4, -0.2) is 6.04 Å². The zero-order valence-electron chi connectivity index (χ0n) is 10.6. The predicted molar refractivity (Wildman–Crippen MR) is 75.3 cm³/mol. The summed E-state index contributed by atoms with van der Waals surface area (Å²) in [4.78, 5) is 0. The van der Waals surface area contributed by atoms with Crippen molar-refractivity contribution in [3.05, 3.63) is 58.9 Å². The van der Waals surface area contributed by atoms with Crippen LogP contribution in [0.1, 0.15) is 12.5 Å². The number of nitrogens with two attached hydrogens (primary N) is 1. The van der Waals surface area contributed by atoms with Crippen molar-refractivity contribution in [2.45, 2.75) is 19.4 Å². The van der Waals surface area contributed by atoms with Gasteiger partial charge in [0.15, 0.2) is 11.6 Å². The summed E-state index contributed by atoms with van der Waals surface area (Å²) >= 11 is 5.96. The fourth-order valence-electron chi connectivity index (χ4n) is 1.80. The Balaban J connectivity index is 2.32. The zero-order chi connectivity index (χ0) is 13.8. The minimum atomic E-state index is -0.399. The van der Waals surface area contributed by atoms with Crippen molar-refractivity contribution in [3.8, 4) is 11.5 Å². The molecule has 0 fully saturated rings. The van der Waals surface area contributed by atoms with Crippen LogP contribution in [0.15, 0.2) is 42.5 Å². The third kappa shape index (κ3) is 3.69. The molecule has 100 valence electrons. The molecular formula is C15H15ClFNO. The van der Waals surface area contributed by atoms with E-state index in [-0.39, 0.29) is 11.8 Å². The highest BCUT2D eigenvalue weighted by Crippen LogP contribution is 2.30. The summed E-state index contributed by atoms with van der Waals surface area (Å²) in [6, 6.07) is 11.5. The van der Waals surface area contributed by atoms with Gasteiger partial charge in [-0.15, -0.1) is 0 Å². The maximum atomic E-state index is 13.6. The minimum absolute atomic E-state index is 0.0264. The lowest BCUT2D eigenvalue weighted by Gasteiger charge is -2.13. The third-order valence-electron chi connectivity index (χ3n) is 2.62. The number of halogens is 2. The maximum Gasteiger partial charge on any atom is 0.165 e. The number of benzene rings is 2. The SMILES string of the molecule is CC(N)Cc1cc(Cl)ccc1Oc1ccccc1F. The molecule has 0 saturated heterocycles. The smallest absolute Gasteiger partial charge is 0.165 e. The van der Waals surface area contributed by atoms with Crippen LogP contribution in [-0.2, 0) is 6.42 Å². The number of hydrogen-bond acceptors (Lipinski definition) is 2. The van der Waals surface area contributed by atoms with Crippen LogP contribution in [0.3, 0.4) is 0 Å². The van der Waals surface area contributed by atoms with Crippen LogP contribution in [0.25, 0.3) is 0 Å². The summed E-state index contributed by atoms with van der Waals surface area (Å²) in [5.74, 6) is 0.367. The van der Waals surface area contributed by atoms with E-state index >= 15 is 0 Å². The van der Waals surface area contributed by atoms with Crippen molar-refractivity contribution >= 4 is 11.6 Å². The second kappa shape index (κ2) is 6.04. The summed E-state index contributed by atoms with van der Waals surface area (Å²) in [6.07, 6.45) is 0.615. The van der Waals surface area contributed by atoms with Crippen LogP contribution in [0.4, 0.5) is 4.39 Å². The minimum Gasteiger partial charge on any atom is -0.454 e. The van der Waals surface area contributed by atoms with Crippen molar-refractivity contribution in [2.75, 3.05) is 0 Å². The molecule has 2 aromatic carbocycles. The maximum absolute atomic E-state index is 13.6. The third-order valence-corrected chi connectivity index (χ3v) is 2.86. The van der Waals surface area contributed by atoms with Crippen LogP contribution in [0.5, 0.6) is 11.5 Å². The van der Waals surface area contributed by atoms with Gasteiger partial charge in [0.05, 0.1) is 0 Å².